The van der Waals surface area contributed by atoms with Gasteiger partial charge in [-0.3, -0.25) is 4.79 Å². The fourth-order valence-electron chi connectivity index (χ4n) is 2.21. The Morgan fingerprint density at radius 3 is 2.65 bits per heavy atom. The summed E-state index contributed by atoms with van der Waals surface area (Å²) in [5.74, 6) is 1.36. The number of furan rings is 1. The van der Waals surface area contributed by atoms with Crippen LogP contribution in [0.2, 0.25) is 0 Å². The summed E-state index contributed by atoms with van der Waals surface area (Å²) in [5, 5.41) is 3.66. The summed E-state index contributed by atoms with van der Waals surface area (Å²) < 4.78 is 6.56. The van der Waals surface area contributed by atoms with Crippen LogP contribution in [0.1, 0.15) is 26.7 Å². The minimum absolute atomic E-state index is 0.153. The van der Waals surface area contributed by atoms with Gasteiger partial charge in [-0.2, -0.15) is 0 Å². The zero-order valence-corrected chi connectivity index (χ0v) is 15.3. The van der Waals surface area contributed by atoms with E-state index in [4.69, 9.17) is 4.42 Å². The maximum atomic E-state index is 12.5. The van der Waals surface area contributed by atoms with Crippen molar-refractivity contribution in [2.75, 3.05) is 5.32 Å². The zero-order valence-electron chi connectivity index (χ0n) is 12.9. The van der Waals surface area contributed by atoms with Crippen LogP contribution in [0.4, 0.5) is 5.69 Å². The fourth-order valence-corrected chi connectivity index (χ4v) is 3.61. The smallest absolute Gasteiger partial charge is 0.267 e. The zero-order chi connectivity index (χ0) is 16.6. The SMILES string of the molecule is Cc1ccc(-c2nc(C)c(C(=O)Nc3ccc(Br)cc3C)s2)o1. The number of aryl methyl sites for hydroxylation is 3. The summed E-state index contributed by atoms with van der Waals surface area (Å²) in [7, 11) is 0. The molecule has 3 rings (SSSR count). The number of hydrogen-bond acceptors (Lipinski definition) is 4. The van der Waals surface area contributed by atoms with Crippen molar-refractivity contribution >= 4 is 38.9 Å². The number of aromatic nitrogens is 1. The summed E-state index contributed by atoms with van der Waals surface area (Å²) >= 11 is 4.76. The first-order valence-corrected chi connectivity index (χ1v) is 8.67. The monoisotopic (exact) mass is 390 g/mol. The van der Waals surface area contributed by atoms with Crippen LogP contribution >= 0.6 is 27.3 Å². The molecule has 0 aliphatic carbocycles. The molecule has 1 aromatic carbocycles. The molecule has 2 aromatic heterocycles. The Morgan fingerprint density at radius 1 is 1.22 bits per heavy atom. The third kappa shape index (κ3) is 3.38. The van der Waals surface area contributed by atoms with Gasteiger partial charge in [-0.25, -0.2) is 4.98 Å². The highest BCUT2D eigenvalue weighted by molar-refractivity contribution is 9.10. The van der Waals surface area contributed by atoms with Crippen LogP contribution in [-0.2, 0) is 0 Å². The number of thiazole rings is 1. The summed E-state index contributed by atoms with van der Waals surface area (Å²) in [6.07, 6.45) is 0. The molecule has 0 bridgehead atoms. The molecule has 0 aliphatic heterocycles. The first-order valence-electron chi connectivity index (χ1n) is 7.06. The highest BCUT2D eigenvalue weighted by atomic mass is 79.9. The van der Waals surface area contributed by atoms with Gasteiger partial charge in [0.1, 0.15) is 10.6 Å². The fraction of sp³-hybridized carbons (Fsp3) is 0.176. The number of anilines is 1. The lowest BCUT2D eigenvalue weighted by molar-refractivity contribution is 0.102. The number of carbonyl (C=O) groups is 1. The van der Waals surface area contributed by atoms with Gasteiger partial charge in [0, 0.05) is 10.2 Å². The Kier molecular flexibility index (Phi) is 4.37. The van der Waals surface area contributed by atoms with Crippen LogP contribution in [-0.4, -0.2) is 10.9 Å². The topological polar surface area (TPSA) is 55.1 Å². The lowest BCUT2D eigenvalue weighted by Crippen LogP contribution is -2.12. The Labute approximate surface area is 146 Å². The molecule has 6 heteroatoms. The van der Waals surface area contributed by atoms with Gasteiger partial charge < -0.3 is 9.73 Å². The molecule has 2 heterocycles. The van der Waals surface area contributed by atoms with E-state index in [9.17, 15) is 4.79 Å². The van der Waals surface area contributed by atoms with Gasteiger partial charge in [0.2, 0.25) is 0 Å². The van der Waals surface area contributed by atoms with E-state index in [-0.39, 0.29) is 5.91 Å². The maximum Gasteiger partial charge on any atom is 0.267 e. The third-order valence-corrected chi connectivity index (χ3v) is 5.05. The molecule has 3 aromatic rings. The van der Waals surface area contributed by atoms with Crippen LogP contribution in [0.3, 0.4) is 0 Å². The molecular formula is C17H15BrN2O2S. The van der Waals surface area contributed by atoms with E-state index < -0.39 is 0 Å². The first kappa shape index (κ1) is 16.0. The van der Waals surface area contributed by atoms with E-state index in [1.165, 1.54) is 11.3 Å². The van der Waals surface area contributed by atoms with Gasteiger partial charge in [-0.05, 0) is 56.7 Å². The molecule has 4 nitrogen and oxygen atoms in total. The van der Waals surface area contributed by atoms with Crippen LogP contribution in [0.5, 0.6) is 0 Å². The van der Waals surface area contributed by atoms with Crippen molar-refractivity contribution in [1.82, 2.24) is 4.98 Å². The number of carbonyl (C=O) groups excluding carboxylic acids is 1. The predicted octanol–water partition coefficient (Wildman–Crippen LogP) is 5.34. The molecule has 0 atom stereocenters. The number of halogens is 1. The number of nitrogens with one attached hydrogen (secondary N) is 1. The van der Waals surface area contributed by atoms with E-state index >= 15 is 0 Å². The van der Waals surface area contributed by atoms with Gasteiger partial charge in [0.15, 0.2) is 10.8 Å². The average molecular weight is 391 g/mol. The Hall–Kier alpha value is -1.92. The van der Waals surface area contributed by atoms with E-state index in [2.05, 4.69) is 26.2 Å². The van der Waals surface area contributed by atoms with Crippen molar-refractivity contribution in [2.45, 2.75) is 20.8 Å². The molecule has 0 unspecified atom stereocenters. The van der Waals surface area contributed by atoms with Crippen molar-refractivity contribution in [1.29, 1.82) is 0 Å². The minimum Gasteiger partial charge on any atom is -0.459 e. The van der Waals surface area contributed by atoms with Gasteiger partial charge in [-0.1, -0.05) is 15.9 Å². The normalized spacial score (nSPS) is 10.8. The van der Waals surface area contributed by atoms with E-state index in [0.29, 0.717) is 21.3 Å². The average Bonchev–Trinajstić information content (AvgIpc) is 3.08. The molecule has 0 radical (unpaired) electrons. The number of hydrogen-bond donors (Lipinski definition) is 1. The molecule has 0 saturated carbocycles. The number of amides is 1. The lowest BCUT2D eigenvalue weighted by atomic mass is 10.2. The van der Waals surface area contributed by atoms with E-state index in [0.717, 1.165) is 21.5 Å². The lowest BCUT2D eigenvalue weighted by Gasteiger charge is -2.07. The Bertz CT molecular complexity index is 883. The van der Waals surface area contributed by atoms with Gasteiger partial charge in [0.25, 0.3) is 5.91 Å². The Morgan fingerprint density at radius 2 is 2.00 bits per heavy atom. The summed E-state index contributed by atoms with van der Waals surface area (Å²) in [6, 6.07) is 9.50. The second-order valence-electron chi connectivity index (χ2n) is 5.26. The largest absolute Gasteiger partial charge is 0.459 e. The van der Waals surface area contributed by atoms with Crippen LogP contribution in [0, 0.1) is 20.8 Å². The molecule has 0 aliphatic rings. The molecule has 0 saturated heterocycles. The molecule has 0 fully saturated rings. The summed E-state index contributed by atoms with van der Waals surface area (Å²) in [5.41, 5.74) is 2.49. The maximum absolute atomic E-state index is 12.5. The van der Waals surface area contributed by atoms with Gasteiger partial charge in [0.05, 0.1) is 5.69 Å². The first-order chi connectivity index (χ1) is 10.9. The van der Waals surface area contributed by atoms with Crippen molar-refractivity contribution in [3.8, 4) is 10.8 Å². The predicted molar refractivity (Wildman–Crippen MR) is 96.1 cm³/mol. The highest BCUT2D eigenvalue weighted by Crippen LogP contribution is 2.30. The second-order valence-corrected chi connectivity index (χ2v) is 7.17. The molecule has 1 amide bonds. The molecule has 1 N–H and O–H groups in total. The quantitative estimate of drug-likeness (QED) is 0.656. The van der Waals surface area contributed by atoms with Crippen molar-refractivity contribution in [2.24, 2.45) is 0 Å². The standard InChI is InChI=1S/C17H15BrN2O2S/c1-9-8-12(18)5-6-13(9)20-16(21)15-11(3)19-17(23-15)14-7-4-10(2)22-14/h4-8H,1-3H3,(H,20,21). The number of rotatable bonds is 3. The minimum atomic E-state index is -0.153. The van der Waals surface area contributed by atoms with Crippen LogP contribution < -0.4 is 5.32 Å². The van der Waals surface area contributed by atoms with Crippen LogP contribution in [0.25, 0.3) is 10.8 Å². The van der Waals surface area contributed by atoms with E-state index in [1.807, 2.05) is 51.1 Å². The van der Waals surface area contributed by atoms with Gasteiger partial charge in [-0.15, -0.1) is 11.3 Å². The highest BCUT2D eigenvalue weighted by Gasteiger charge is 2.18. The van der Waals surface area contributed by atoms with E-state index in [1.54, 1.807) is 0 Å². The van der Waals surface area contributed by atoms with Crippen molar-refractivity contribution < 1.29 is 9.21 Å². The number of benzene rings is 1. The molecular weight excluding hydrogens is 376 g/mol. The van der Waals surface area contributed by atoms with Gasteiger partial charge >= 0.3 is 0 Å². The summed E-state index contributed by atoms with van der Waals surface area (Å²) in [6.45, 7) is 5.67. The van der Waals surface area contributed by atoms with Crippen LogP contribution in [0.15, 0.2) is 39.2 Å². The summed E-state index contributed by atoms with van der Waals surface area (Å²) in [4.78, 5) is 17.6. The second kappa shape index (κ2) is 6.29. The number of nitrogens with zero attached hydrogens (tertiary/aromatic N) is 1. The van der Waals surface area contributed by atoms with Crippen molar-refractivity contribution in [3.05, 3.63) is 56.7 Å². The molecule has 23 heavy (non-hydrogen) atoms. The Balaban J connectivity index is 1.86. The van der Waals surface area contributed by atoms with Crippen molar-refractivity contribution in [3.63, 3.8) is 0 Å². The molecule has 0 spiro atoms. The molecule has 118 valence electrons. The third-order valence-electron chi connectivity index (χ3n) is 3.39.